The minimum Gasteiger partial charge on any atom is -0.472 e. The van der Waals surface area contributed by atoms with Crippen LogP contribution in [0.1, 0.15) is 43.4 Å². The molecule has 3 aliphatic rings. The quantitative estimate of drug-likeness (QED) is 0.693. The molecule has 160 valence electrons. The number of benzene rings is 1. The van der Waals surface area contributed by atoms with Crippen molar-refractivity contribution in [2.24, 2.45) is 0 Å². The summed E-state index contributed by atoms with van der Waals surface area (Å²) < 4.78 is 8.17. The van der Waals surface area contributed by atoms with Gasteiger partial charge < -0.3 is 19.5 Å². The number of nitrogens with one attached hydrogen (secondary N) is 1. The summed E-state index contributed by atoms with van der Waals surface area (Å²) in [5.41, 5.74) is 5.59. The van der Waals surface area contributed by atoms with E-state index in [9.17, 15) is 0 Å². The Kier molecular flexibility index (Phi) is 4.49. The highest BCUT2D eigenvalue weighted by Gasteiger charge is 2.32. The van der Waals surface area contributed by atoms with Crippen LogP contribution in [0.15, 0.2) is 42.9 Å². The Morgan fingerprint density at radius 1 is 1.06 bits per heavy atom. The Balaban J connectivity index is 1.27. The first-order valence-electron chi connectivity index (χ1n) is 11.4. The van der Waals surface area contributed by atoms with Crippen LogP contribution < -0.4 is 15.0 Å². The third kappa shape index (κ3) is 3.39. The first kappa shape index (κ1) is 18.9. The third-order valence-corrected chi connectivity index (χ3v) is 7.25. The second-order valence-corrected chi connectivity index (χ2v) is 9.29. The SMILES string of the molecule is Cc1cn(-c2ccc3c(c2)COc2nc(N(C)C4CCC5CCC(C4)N5)ccc2-3)cn1. The molecule has 2 saturated heterocycles. The monoisotopic (exact) mass is 415 g/mol. The molecule has 0 radical (unpaired) electrons. The minimum atomic E-state index is 0.533. The molecule has 3 aromatic rings. The van der Waals surface area contributed by atoms with Gasteiger partial charge in [-0.05, 0) is 74.4 Å². The summed E-state index contributed by atoms with van der Waals surface area (Å²) in [5, 5.41) is 3.79. The van der Waals surface area contributed by atoms with E-state index in [1.54, 1.807) is 0 Å². The molecule has 3 atom stereocenters. The summed E-state index contributed by atoms with van der Waals surface area (Å²) in [5.74, 6) is 1.76. The van der Waals surface area contributed by atoms with Gasteiger partial charge >= 0.3 is 0 Å². The van der Waals surface area contributed by atoms with E-state index in [2.05, 4.69) is 57.1 Å². The molecule has 2 aromatic heterocycles. The molecule has 0 spiro atoms. The smallest absolute Gasteiger partial charge is 0.223 e. The molecule has 2 bridgehead atoms. The fraction of sp³-hybridized carbons (Fsp3) is 0.440. The van der Waals surface area contributed by atoms with Crippen LogP contribution in [-0.2, 0) is 6.61 Å². The van der Waals surface area contributed by atoms with E-state index in [-0.39, 0.29) is 0 Å². The molecule has 2 fully saturated rings. The van der Waals surface area contributed by atoms with Gasteiger partial charge in [0, 0.05) is 42.6 Å². The highest BCUT2D eigenvalue weighted by atomic mass is 16.5. The van der Waals surface area contributed by atoms with E-state index < -0.39 is 0 Å². The Hall–Kier alpha value is -2.86. The van der Waals surface area contributed by atoms with Crippen LogP contribution in [0.3, 0.4) is 0 Å². The molecule has 6 heteroatoms. The molecule has 1 aromatic carbocycles. The maximum absolute atomic E-state index is 6.12. The van der Waals surface area contributed by atoms with Crippen LogP contribution in [0, 0.1) is 6.92 Å². The van der Waals surface area contributed by atoms with Crippen LogP contribution in [0.4, 0.5) is 5.82 Å². The highest BCUT2D eigenvalue weighted by molar-refractivity contribution is 5.75. The molecule has 5 heterocycles. The number of aromatic nitrogens is 3. The maximum atomic E-state index is 6.12. The van der Waals surface area contributed by atoms with Crippen LogP contribution in [-0.4, -0.2) is 39.7 Å². The molecule has 3 unspecified atom stereocenters. The zero-order valence-electron chi connectivity index (χ0n) is 18.2. The van der Waals surface area contributed by atoms with Gasteiger partial charge in [-0.15, -0.1) is 0 Å². The van der Waals surface area contributed by atoms with E-state index >= 15 is 0 Å². The number of anilines is 1. The van der Waals surface area contributed by atoms with Gasteiger partial charge in [0.25, 0.3) is 0 Å². The molecular formula is C25H29N5O. The second-order valence-electron chi connectivity index (χ2n) is 9.29. The molecule has 1 N–H and O–H groups in total. The molecule has 0 saturated carbocycles. The van der Waals surface area contributed by atoms with Crippen molar-refractivity contribution in [2.75, 3.05) is 11.9 Å². The van der Waals surface area contributed by atoms with Gasteiger partial charge in [-0.25, -0.2) is 4.98 Å². The third-order valence-electron chi connectivity index (χ3n) is 7.25. The molecule has 3 aliphatic heterocycles. The lowest BCUT2D eigenvalue weighted by Crippen LogP contribution is -2.36. The van der Waals surface area contributed by atoms with E-state index in [1.165, 1.54) is 43.2 Å². The standard InChI is InChI=1S/C25H29N5O/c1-16-13-30(15-26-16)21-7-8-22-17(11-21)14-31-25-23(22)9-10-24(28-25)29(2)20-6-5-18-3-4-19(12-20)27-18/h7-11,13,15,18-20,27H,3-6,12,14H2,1-2H3. The average molecular weight is 416 g/mol. The topological polar surface area (TPSA) is 55.2 Å². The van der Waals surface area contributed by atoms with Gasteiger partial charge in [0.1, 0.15) is 12.4 Å². The molecule has 6 rings (SSSR count). The van der Waals surface area contributed by atoms with Crippen LogP contribution in [0.2, 0.25) is 0 Å². The zero-order chi connectivity index (χ0) is 20.9. The lowest BCUT2D eigenvalue weighted by molar-refractivity contribution is 0.290. The zero-order valence-corrected chi connectivity index (χ0v) is 18.2. The van der Waals surface area contributed by atoms with Crippen molar-refractivity contribution in [2.45, 2.75) is 63.8 Å². The molecular weight excluding hydrogens is 386 g/mol. The van der Waals surface area contributed by atoms with Gasteiger partial charge in [-0.1, -0.05) is 6.07 Å². The highest BCUT2D eigenvalue weighted by Crippen LogP contribution is 2.39. The van der Waals surface area contributed by atoms with E-state index in [0.29, 0.717) is 18.7 Å². The number of hydrogen-bond acceptors (Lipinski definition) is 5. The van der Waals surface area contributed by atoms with Gasteiger partial charge in [0.15, 0.2) is 0 Å². The van der Waals surface area contributed by atoms with Crippen molar-refractivity contribution in [3.05, 3.63) is 54.1 Å². The van der Waals surface area contributed by atoms with E-state index in [0.717, 1.165) is 34.7 Å². The summed E-state index contributed by atoms with van der Waals surface area (Å²) in [6.45, 7) is 2.55. The number of pyridine rings is 1. The molecule has 0 aliphatic carbocycles. The van der Waals surface area contributed by atoms with Crippen molar-refractivity contribution in [1.82, 2.24) is 19.9 Å². The minimum absolute atomic E-state index is 0.533. The van der Waals surface area contributed by atoms with Crippen molar-refractivity contribution < 1.29 is 4.74 Å². The van der Waals surface area contributed by atoms with Crippen molar-refractivity contribution in [3.8, 4) is 22.7 Å². The van der Waals surface area contributed by atoms with E-state index in [1.807, 2.05) is 19.4 Å². The normalized spacial score (nSPS) is 24.1. The molecule has 6 nitrogen and oxygen atoms in total. The predicted molar refractivity (Wildman–Crippen MR) is 122 cm³/mol. The maximum Gasteiger partial charge on any atom is 0.223 e. The number of aryl methyl sites for hydroxylation is 1. The fourth-order valence-corrected chi connectivity index (χ4v) is 5.47. The number of hydrogen-bond donors (Lipinski definition) is 1. The summed E-state index contributed by atoms with van der Waals surface area (Å²) >= 11 is 0. The summed E-state index contributed by atoms with van der Waals surface area (Å²) in [6, 6.07) is 12.8. The number of ether oxygens (including phenoxy) is 1. The Morgan fingerprint density at radius 3 is 2.77 bits per heavy atom. The lowest BCUT2D eigenvalue weighted by Gasteiger charge is -2.31. The first-order chi connectivity index (χ1) is 15.1. The molecule has 31 heavy (non-hydrogen) atoms. The number of rotatable bonds is 3. The second kappa shape index (κ2) is 7.38. The Labute approximate surface area is 183 Å². The fourth-order valence-electron chi connectivity index (χ4n) is 5.47. The largest absolute Gasteiger partial charge is 0.472 e. The average Bonchev–Trinajstić information content (AvgIpc) is 3.37. The number of imidazole rings is 1. The van der Waals surface area contributed by atoms with Crippen molar-refractivity contribution in [3.63, 3.8) is 0 Å². The van der Waals surface area contributed by atoms with Gasteiger partial charge in [0.05, 0.1) is 12.0 Å². The number of nitrogens with zero attached hydrogens (tertiary/aromatic N) is 4. The van der Waals surface area contributed by atoms with Gasteiger partial charge in [0.2, 0.25) is 5.88 Å². The van der Waals surface area contributed by atoms with Gasteiger partial charge in [-0.3, -0.25) is 0 Å². The Morgan fingerprint density at radius 2 is 1.90 bits per heavy atom. The summed E-state index contributed by atoms with van der Waals surface area (Å²) in [4.78, 5) is 11.6. The van der Waals surface area contributed by atoms with E-state index in [4.69, 9.17) is 9.72 Å². The van der Waals surface area contributed by atoms with Crippen LogP contribution in [0.25, 0.3) is 16.8 Å². The predicted octanol–water partition coefficient (Wildman–Crippen LogP) is 4.24. The molecule has 0 amide bonds. The summed E-state index contributed by atoms with van der Waals surface area (Å²) in [6.07, 6.45) is 10.2. The first-order valence-corrected chi connectivity index (χ1v) is 11.4. The van der Waals surface area contributed by atoms with Crippen LogP contribution >= 0.6 is 0 Å². The van der Waals surface area contributed by atoms with Gasteiger partial charge in [-0.2, -0.15) is 4.98 Å². The lowest BCUT2D eigenvalue weighted by atomic mass is 9.95. The number of fused-ring (bicyclic) bond motifs is 5. The van der Waals surface area contributed by atoms with Crippen molar-refractivity contribution in [1.29, 1.82) is 0 Å². The van der Waals surface area contributed by atoms with Crippen LogP contribution in [0.5, 0.6) is 5.88 Å². The van der Waals surface area contributed by atoms with Crippen molar-refractivity contribution >= 4 is 5.82 Å². The Bertz CT molecular complexity index is 1120. The summed E-state index contributed by atoms with van der Waals surface area (Å²) in [7, 11) is 2.19.